The van der Waals surface area contributed by atoms with Crippen LogP contribution in [0.15, 0.2) is 24.3 Å². The van der Waals surface area contributed by atoms with Gasteiger partial charge >= 0.3 is 12.0 Å². The van der Waals surface area contributed by atoms with Gasteiger partial charge in [0, 0.05) is 18.3 Å². The first-order valence-electron chi connectivity index (χ1n) is 7.29. The first kappa shape index (κ1) is 15.4. The molecule has 114 valence electrons. The van der Waals surface area contributed by atoms with Crippen molar-refractivity contribution in [3.8, 4) is 0 Å². The van der Waals surface area contributed by atoms with Gasteiger partial charge in [0.1, 0.15) is 0 Å². The number of nitrogens with zero attached hydrogens (tertiary/aromatic N) is 1. The molecule has 2 rings (SSSR count). The van der Waals surface area contributed by atoms with E-state index in [0.29, 0.717) is 0 Å². The summed E-state index contributed by atoms with van der Waals surface area (Å²) in [6.07, 6.45) is 0.829. The molecule has 1 aliphatic heterocycles. The lowest BCUT2D eigenvalue weighted by molar-refractivity contribution is -0.142. The van der Waals surface area contributed by atoms with Gasteiger partial charge in [-0.05, 0) is 30.9 Å². The van der Waals surface area contributed by atoms with E-state index < -0.39 is 11.9 Å². The molecule has 0 aromatic heterocycles. The fourth-order valence-electron chi connectivity index (χ4n) is 2.77. The summed E-state index contributed by atoms with van der Waals surface area (Å²) in [6, 6.07) is 7.68. The number of amides is 2. The molecule has 2 N–H and O–H groups in total. The number of urea groups is 1. The normalized spacial score (nSPS) is 18.5. The van der Waals surface area contributed by atoms with Gasteiger partial charge in [-0.3, -0.25) is 9.69 Å². The summed E-state index contributed by atoms with van der Waals surface area (Å²) in [6.45, 7) is 5.84. The van der Waals surface area contributed by atoms with Crippen LogP contribution >= 0.6 is 0 Å². The average molecular weight is 290 g/mol. The zero-order chi connectivity index (χ0) is 15.6. The number of nitrogens with one attached hydrogen (secondary N) is 1. The number of rotatable bonds is 4. The molecular weight excluding hydrogens is 268 g/mol. The van der Waals surface area contributed by atoms with Crippen LogP contribution in [-0.2, 0) is 11.2 Å². The van der Waals surface area contributed by atoms with E-state index in [-0.39, 0.29) is 24.5 Å². The van der Waals surface area contributed by atoms with Crippen LogP contribution in [0.4, 0.5) is 10.5 Å². The van der Waals surface area contributed by atoms with Gasteiger partial charge in [-0.1, -0.05) is 32.0 Å². The molecule has 2 amide bonds. The minimum Gasteiger partial charge on any atom is -0.481 e. The second-order valence-corrected chi connectivity index (χ2v) is 5.93. The lowest BCUT2D eigenvalue weighted by Crippen LogP contribution is -2.46. The molecule has 0 aliphatic carbocycles. The molecule has 0 spiro atoms. The number of hydrogen-bond donors (Lipinski definition) is 2. The van der Waals surface area contributed by atoms with Gasteiger partial charge in [-0.25, -0.2) is 4.79 Å². The van der Waals surface area contributed by atoms with Crippen molar-refractivity contribution in [2.75, 3.05) is 11.4 Å². The maximum atomic E-state index is 12.4. The van der Waals surface area contributed by atoms with E-state index in [2.05, 4.69) is 5.32 Å². The highest BCUT2D eigenvalue weighted by Crippen LogP contribution is 2.31. The Morgan fingerprint density at radius 3 is 2.67 bits per heavy atom. The Kier molecular flexibility index (Phi) is 4.50. The van der Waals surface area contributed by atoms with E-state index in [0.717, 1.165) is 17.7 Å². The molecule has 21 heavy (non-hydrogen) atoms. The van der Waals surface area contributed by atoms with Crippen LogP contribution in [-0.4, -0.2) is 29.7 Å². The number of carboxylic acids is 1. The van der Waals surface area contributed by atoms with E-state index in [1.54, 1.807) is 4.90 Å². The van der Waals surface area contributed by atoms with Crippen LogP contribution in [0.3, 0.4) is 0 Å². The summed E-state index contributed by atoms with van der Waals surface area (Å²) in [5.74, 6) is -1.46. The fraction of sp³-hybridized carbons (Fsp3) is 0.500. The predicted octanol–water partition coefficient (Wildman–Crippen LogP) is 2.50. The SMILES string of the molecule is CC(C)C(CNC(=O)N1c2ccccc2CC1C)C(=O)O. The Labute approximate surface area is 125 Å². The molecule has 0 saturated carbocycles. The van der Waals surface area contributed by atoms with Crippen molar-refractivity contribution in [3.05, 3.63) is 29.8 Å². The standard InChI is InChI=1S/C16H22N2O3/c1-10(2)13(15(19)20)9-17-16(21)18-11(3)8-12-6-4-5-7-14(12)18/h4-7,10-11,13H,8-9H2,1-3H3,(H,17,21)(H,19,20). The molecule has 1 aliphatic rings. The molecule has 0 saturated heterocycles. The van der Waals surface area contributed by atoms with Crippen molar-refractivity contribution in [1.82, 2.24) is 5.32 Å². The van der Waals surface area contributed by atoms with Crippen molar-refractivity contribution in [1.29, 1.82) is 0 Å². The topological polar surface area (TPSA) is 69.6 Å². The molecule has 0 fully saturated rings. The van der Waals surface area contributed by atoms with Crippen LogP contribution < -0.4 is 10.2 Å². The zero-order valence-electron chi connectivity index (χ0n) is 12.7. The Balaban J connectivity index is 2.06. The van der Waals surface area contributed by atoms with Crippen LogP contribution in [0.25, 0.3) is 0 Å². The number of carbonyl (C=O) groups excluding carboxylic acids is 1. The molecule has 0 radical (unpaired) electrons. The summed E-state index contributed by atoms with van der Waals surface area (Å²) in [5, 5.41) is 11.9. The van der Waals surface area contributed by atoms with E-state index in [4.69, 9.17) is 5.11 Å². The third-order valence-corrected chi connectivity index (χ3v) is 4.02. The molecular formula is C16H22N2O3. The molecule has 5 heteroatoms. The van der Waals surface area contributed by atoms with Gasteiger partial charge in [-0.15, -0.1) is 0 Å². The maximum Gasteiger partial charge on any atom is 0.322 e. The summed E-state index contributed by atoms with van der Waals surface area (Å²) < 4.78 is 0. The Morgan fingerprint density at radius 2 is 2.05 bits per heavy atom. The van der Waals surface area contributed by atoms with E-state index in [9.17, 15) is 9.59 Å². The summed E-state index contributed by atoms with van der Waals surface area (Å²) >= 11 is 0. The molecule has 2 atom stereocenters. The minimum atomic E-state index is -0.875. The highest BCUT2D eigenvalue weighted by atomic mass is 16.4. The summed E-state index contributed by atoms with van der Waals surface area (Å²) in [4.78, 5) is 25.3. The third kappa shape index (κ3) is 3.17. The van der Waals surface area contributed by atoms with Crippen molar-refractivity contribution >= 4 is 17.7 Å². The first-order valence-corrected chi connectivity index (χ1v) is 7.29. The quantitative estimate of drug-likeness (QED) is 0.895. The van der Waals surface area contributed by atoms with Crippen LogP contribution in [0.1, 0.15) is 26.3 Å². The average Bonchev–Trinajstić information content (AvgIpc) is 2.73. The molecule has 1 aromatic carbocycles. The highest BCUT2D eigenvalue weighted by molar-refractivity contribution is 5.95. The minimum absolute atomic E-state index is 0.0221. The van der Waals surface area contributed by atoms with Gasteiger partial charge in [0.05, 0.1) is 5.92 Å². The number of para-hydroxylation sites is 1. The molecule has 0 bridgehead atoms. The Morgan fingerprint density at radius 1 is 1.38 bits per heavy atom. The van der Waals surface area contributed by atoms with Gasteiger partial charge in [0.15, 0.2) is 0 Å². The number of anilines is 1. The second-order valence-electron chi connectivity index (χ2n) is 5.93. The van der Waals surface area contributed by atoms with Gasteiger partial charge in [0.2, 0.25) is 0 Å². The van der Waals surface area contributed by atoms with Gasteiger partial charge in [-0.2, -0.15) is 0 Å². The Hall–Kier alpha value is -2.04. The van der Waals surface area contributed by atoms with Crippen molar-refractivity contribution in [2.45, 2.75) is 33.2 Å². The van der Waals surface area contributed by atoms with Crippen LogP contribution in [0.2, 0.25) is 0 Å². The van der Waals surface area contributed by atoms with Crippen LogP contribution in [0, 0.1) is 11.8 Å². The molecule has 1 aromatic rings. The highest BCUT2D eigenvalue weighted by Gasteiger charge is 2.31. The Bertz CT molecular complexity index is 542. The lowest BCUT2D eigenvalue weighted by atomic mass is 9.96. The summed E-state index contributed by atoms with van der Waals surface area (Å²) in [7, 11) is 0. The van der Waals surface area contributed by atoms with E-state index >= 15 is 0 Å². The van der Waals surface area contributed by atoms with E-state index in [1.165, 1.54) is 0 Å². The number of aliphatic carboxylic acids is 1. The van der Waals surface area contributed by atoms with Crippen molar-refractivity contribution in [3.63, 3.8) is 0 Å². The lowest BCUT2D eigenvalue weighted by Gasteiger charge is -2.25. The molecule has 5 nitrogen and oxygen atoms in total. The first-order chi connectivity index (χ1) is 9.91. The monoisotopic (exact) mass is 290 g/mol. The van der Waals surface area contributed by atoms with E-state index in [1.807, 2.05) is 45.0 Å². The second kappa shape index (κ2) is 6.16. The smallest absolute Gasteiger partial charge is 0.322 e. The summed E-state index contributed by atoms with van der Waals surface area (Å²) in [5.41, 5.74) is 2.07. The predicted molar refractivity (Wildman–Crippen MR) is 81.4 cm³/mol. The largest absolute Gasteiger partial charge is 0.481 e. The van der Waals surface area contributed by atoms with Crippen molar-refractivity contribution in [2.24, 2.45) is 11.8 Å². The van der Waals surface area contributed by atoms with Gasteiger partial charge in [0.25, 0.3) is 0 Å². The number of carboxylic acid groups (broad SMARTS) is 1. The molecule has 2 unspecified atom stereocenters. The number of fused-ring (bicyclic) bond motifs is 1. The number of hydrogen-bond acceptors (Lipinski definition) is 2. The van der Waals surface area contributed by atoms with Crippen molar-refractivity contribution < 1.29 is 14.7 Å². The maximum absolute atomic E-state index is 12.4. The third-order valence-electron chi connectivity index (χ3n) is 4.02. The number of carbonyl (C=O) groups is 2. The molecule has 1 heterocycles. The fourth-order valence-corrected chi connectivity index (χ4v) is 2.77. The zero-order valence-corrected chi connectivity index (χ0v) is 12.7. The van der Waals surface area contributed by atoms with Gasteiger partial charge < -0.3 is 10.4 Å². The van der Waals surface area contributed by atoms with Crippen LogP contribution in [0.5, 0.6) is 0 Å². The number of benzene rings is 1.